The Balaban J connectivity index is 0.00000125. The summed E-state index contributed by atoms with van der Waals surface area (Å²) in [5, 5.41) is 0. The summed E-state index contributed by atoms with van der Waals surface area (Å²) in [6, 6.07) is 9.79. The van der Waals surface area contributed by atoms with Crippen molar-refractivity contribution in [1.29, 1.82) is 0 Å². The van der Waals surface area contributed by atoms with E-state index in [0.717, 1.165) is 17.5 Å². The van der Waals surface area contributed by atoms with E-state index >= 15 is 0 Å². The molecular weight excluding hydrogens is 989 g/mol. The molecule has 6 atom stereocenters. The van der Waals surface area contributed by atoms with Crippen molar-refractivity contribution in [3.8, 4) is 0 Å². The molecule has 0 radical (unpaired) electrons. The van der Waals surface area contributed by atoms with Crippen molar-refractivity contribution in [2.24, 2.45) is 67.0 Å². The van der Waals surface area contributed by atoms with E-state index in [1.54, 1.807) is 52.0 Å². The van der Waals surface area contributed by atoms with E-state index in [2.05, 4.69) is 41.5 Å². The van der Waals surface area contributed by atoms with Crippen LogP contribution in [0.3, 0.4) is 0 Å². The summed E-state index contributed by atoms with van der Waals surface area (Å²) in [7, 11) is 0. The number of carbonyl (C=O) groups is 4. The van der Waals surface area contributed by atoms with Crippen LogP contribution in [0.1, 0.15) is 264 Å². The van der Waals surface area contributed by atoms with Crippen molar-refractivity contribution in [1.82, 2.24) is 0 Å². The zero-order valence-corrected chi connectivity index (χ0v) is 55.5. The quantitative estimate of drug-likeness (QED) is 0.112. The molecule has 0 aliphatic carbocycles. The predicted molar refractivity (Wildman–Crippen MR) is 354 cm³/mol. The van der Waals surface area contributed by atoms with E-state index in [-0.39, 0.29) is 118 Å². The zero-order valence-electron chi connectivity index (χ0n) is 70.5. The summed E-state index contributed by atoms with van der Waals surface area (Å²) >= 11 is 0. The van der Waals surface area contributed by atoms with Crippen LogP contribution in [0.15, 0.2) is 96.8 Å². The number of rotatable bonds is 16. The van der Waals surface area contributed by atoms with Gasteiger partial charge in [-0.05, 0) is 123 Å². The van der Waals surface area contributed by atoms with E-state index in [1.165, 1.54) is 6.92 Å². The first kappa shape index (κ1) is 53.3. The van der Waals surface area contributed by atoms with Gasteiger partial charge in [0, 0.05) is 52.2 Å². The molecule has 0 fully saturated rings. The topological polar surface area (TPSA) is 68.3 Å². The fourth-order valence-corrected chi connectivity index (χ4v) is 8.79. The Hall–Kier alpha value is -4.44. The monoisotopic (exact) mass is 1130 g/mol. The van der Waals surface area contributed by atoms with Gasteiger partial charge in [-0.25, -0.2) is 0 Å². The van der Waals surface area contributed by atoms with Gasteiger partial charge in [0.05, 0.1) is 13.7 Å². The largest absolute Gasteiger partial charge is 0.299 e. The Morgan fingerprint density at radius 3 is 1.10 bits per heavy atom. The fourth-order valence-electron chi connectivity index (χ4n) is 8.79. The molecule has 4 heteroatoms. The average molecular weight is 1130 g/mol. The molecule has 0 saturated carbocycles. The van der Waals surface area contributed by atoms with Crippen LogP contribution in [0.5, 0.6) is 0 Å². The highest BCUT2D eigenvalue weighted by atomic mass is 16.1. The van der Waals surface area contributed by atoms with E-state index in [9.17, 15) is 19.2 Å². The van der Waals surface area contributed by atoms with E-state index in [1.807, 2.05) is 130 Å². The molecule has 81 heavy (non-hydrogen) atoms. The molecule has 456 valence electrons. The van der Waals surface area contributed by atoms with Gasteiger partial charge < -0.3 is 0 Å². The second kappa shape index (κ2) is 31.5. The lowest BCUT2D eigenvalue weighted by Crippen LogP contribution is -2.32. The molecule has 4 aromatic carbocycles. The molecule has 4 rings (SSSR count). The molecular formula is C77H124O4. The highest BCUT2D eigenvalue weighted by molar-refractivity contribution is 5.88. The maximum atomic E-state index is 13.1. The van der Waals surface area contributed by atoms with Gasteiger partial charge in [0.1, 0.15) is 23.1 Å². The summed E-state index contributed by atoms with van der Waals surface area (Å²) in [6.07, 6.45) is -1.87. The number of carbonyl (C=O) groups excluding carboxylic acids is 4. The molecule has 4 nitrogen and oxygen atoms in total. The zero-order chi connectivity index (χ0) is 75.4. The van der Waals surface area contributed by atoms with Crippen molar-refractivity contribution < 1.29 is 39.7 Å². The third kappa shape index (κ3) is 32.9. The van der Waals surface area contributed by atoms with Crippen LogP contribution in [0, 0.1) is 94.7 Å². The molecule has 0 unspecified atom stereocenters. The summed E-state index contributed by atoms with van der Waals surface area (Å²) in [4.78, 5) is 51.8. The third-order valence-electron chi connectivity index (χ3n) is 12.5. The molecule has 0 heterocycles. The van der Waals surface area contributed by atoms with E-state index < -0.39 is 75.8 Å². The van der Waals surface area contributed by atoms with Crippen molar-refractivity contribution in [2.45, 2.75) is 253 Å². The van der Waals surface area contributed by atoms with Crippen LogP contribution in [-0.4, -0.2) is 23.1 Å². The van der Waals surface area contributed by atoms with Crippen LogP contribution in [0.4, 0.5) is 0 Å². The van der Waals surface area contributed by atoms with Gasteiger partial charge in [-0.15, -0.1) is 0 Å². The average Bonchev–Trinajstić information content (AvgIpc) is 0.765. The lowest BCUT2D eigenvalue weighted by molar-refractivity contribution is -0.132. The van der Waals surface area contributed by atoms with Crippen LogP contribution in [0.2, 0.25) is 0 Å². The van der Waals surface area contributed by atoms with Gasteiger partial charge in [-0.2, -0.15) is 0 Å². The number of Topliss-reactive ketones (excluding diaryl/α,β-unsaturated/α-hetero) is 4. The maximum absolute atomic E-state index is 13.1. The Bertz CT molecular complexity index is 3250. The van der Waals surface area contributed by atoms with Gasteiger partial charge in [-0.3, -0.25) is 19.2 Å². The Kier molecular flexibility index (Phi) is 20.7. The highest BCUT2D eigenvalue weighted by Gasteiger charge is 2.36. The summed E-state index contributed by atoms with van der Waals surface area (Å²) in [5.41, 5.74) is 0.646. The van der Waals surface area contributed by atoms with Gasteiger partial charge in [0.2, 0.25) is 0 Å². The molecule has 0 aliphatic heterocycles. The molecule has 0 N–H and O–H groups in total. The van der Waals surface area contributed by atoms with Crippen LogP contribution < -0.4 is 0 Å². The highest BCUT2D eigenvalue weighted by Crippen LogP contribution is 2.36. The minimum atomic E-state index is -1.86. The Morgan fingerprint density at radius 1 is 0.383 bits per heavy atom. The van der Waals surface area contributed by atoms with Gasteiger partial charge >= 0.3 is 0 Å². The first-order valence-corrected chi connectivity index (χ1v) is 28.9. The molecule has 0 aliphatic rings. The van der Waals surface area contributed by atoms with Gasteiger partial charge in [-0.1, -0.05) is 293 Å². The normalized spacial score (nSPS) is 18.0. The number of hydrogen-bond donors (Lipinski definition) is 0. The molecule has 4 aromatic rings. The fraction of sp³-hybridized carbons (Fsp3) is 0.636. The summed E-state index contributed by atoms with van der Waals surface area (Å²) in [6.45, 7) is 53.2. The molecule has 0 aromatic heterocycles. The summed E-state index contributed by atoms with van der Waals surface area (Å²) < 4.78 is 124. The second-order valence-electron chi connectivity index (χ2n) is 31.2. The molecule has 0 bridgehead atoms. The predicted octanol–water partition coefficient (Wildman–Crippen LogP) is 21.5. The van der Waals surface area contributed by atoms with Crippen molar-refractivity contribution in [3.05, 3.63) is 141 Å². The van der Waals surface area contributed by atoms with Crippen molar-refractivity contribution in [3.63, 3.8) is 0 Å². The number of ketones is 4. The number of benzene rings is 4. The second-order valence-corrected chi connectivity index (χ2v) is 31.2. The van der Waals surface area contributed by atoms with Gasteiger partial charge in [0.15, 0.2) is 0 Å². The smallest absolute Gasteiger partial charge is 0.141 e. The maximum Gasteiger partial charge on any atom is 0.141 e. The first-order valence-electron chi connectivity index (χ1n) is 36.6. The van der Waals surface area contributed by atoms with E-state index in [0.29, 0.717) is 42.5 Å². The number of hydrogen-bond acceptors (Lipinski definition) is 4. The third-order valence-corrected chi connectivity index (χ3v) is 12.5. The minimum Gasteiger partial charge on any atom is -0.299 e. The molecule has 0 saturated heterocycles. The lowest BCUT2D eigenvalue weighted by Gasteiger charge is -2.30. The van der Waals surface area contributed by atoms with Crippen LogP contribution in [-0.2, 0) is 44.8 Å². The lowest BCUT2D eigenvalue weighted by atomic mass is 9.73. The van der Waals surface area contributed by atoms with Crippen molar-refractivity contribution in [2.75, 3.05) is 0 Å². The van der Waals surface area contributed by atoms with Crippen LogP contribution in [0.25, 0.3) is 0 Å². The van der Waals surface area contributed by atoms with E-state index in [4.69, 9.17) is 20.6 Å². The number of aryl methyl sites for hydroxylation is 2. The Morgan fingerprint density at radius 2 is 0.716 bits per heavy atom. The first-order chi connectivity index (χ1) is 42.1. The standard InChI is InChI=1S/4C19H30O.CH4/c2*1-14-8-10-15(11-9-14)12-16(13-18(2,3)4)17(20)19(5,6)7;2*1-14-9-8-10-15(11-14)12-16(13-18(2,3)4)17(20)19(5,6)7;/h4*8-11,16H,12-13H2,1-7H3;1H4/t4*16-;/m1111./s1/i10D,11D;12D2;8D,9D,10D,11D,12D,16D;8D,9D,10D,11D,12D;/t2m;12-,16-;12-,16+;/m1110.. The Labute approximate surface area is 522 Å². The summed E-state index contributed by atoms with van der Waals surface area (Å²) in [5.74, 6) is -3.58. The molecule has 0 spiro atoms. The van der Waals surface area contributed by atoms with Gasteiger partial charge in [0.25, 0.3) is 0 Å². The molecule has 0 amide bonds. The SMILES string of the molecule is C.[2H]C([2H])(c1ccc(C)cc1)[C@H](CC(C)(C)C)C(=O)C(C)(C)C.[2H]c1c([2H])c(C)c([2H])c([C@@H]([2H])[C@]([2H])(CC(C)(C)C)C(=O)C(C)(C)C)c1[2H].[2H]c1c([2H])c(C)c([2H])c([C@H]([2H])[C@H](CC(C)(C)C)C(=O)C(C)(C)C)c1[2H].[2H]c1cc(C)cc([2H])c1C[C@H](CC(C)(C)C)C(=O)C(C)(C)C. The minimum absolute atomic E-state index is 0. The van der Waals surface area contributed by atoms with Crippen molar-refractivity contribution >= 4 is 23.1 Å². The van der Waals surface area contributed by atoms with Crippen LogP contribution >= 0.6 is 0 Å².